The molecule has 0 bridgehead atoms. The van der Waals surface area contributed by atoms with Gasteiger partial charge in [0, 0.05) is 27.2 Å². The zero-order valence-corrected chi connectivity index (χ0v) is 15.4. The van der Waals surface area contributed by atoms with Crippen molar-refractivity contribution in [2.24, 2.45) is 7.05 Å². The summed E-state index contributed by atoms with van der Waals surface area (Å²) in [6.45, 7) is 1.93. The highest BCUT2D eigenvalue weighted by Gasteiger charge is 2.33. The van der Waals surface area contributed by atoms with E-state index in [1.165, 1.54) is 29.6 Å². The van der Waals surface area contributed by atoms with Gasteiger partial charge < -0.3 is 14.4 Å². The van der Waals surface area contributed by atoms with Crippen LogP contribution in [0.15, 0.2) is 30.3 Å². The van der Waals surface area contributed by atoms with Crippen molar-refractivity contribution >= 4 is 22.8 Å². The second-order valence-corrected chi connectivity index (χ2v) is 7.51. The minimum Gasteiger partial charge on any atom is -0.351 e. The number of imidazole rings is 1. The molecule has 1 aliphatic heterocycles. The molecule has 0 amide bonds. The van der Waals surface area contributed by atoms with Crippen LogP contribution in [0, 0.1) is 0 Å². The quantitative estimate of drug-likeness (QED) is 0.728. The first kappa shape index (κ1) is 15.6. The molecule has 0 unspecified atom stereocenters. The summed E-state index contributed by atoms with van der Waals surface area (Å²) in [6, 6.07) is 11.0. The van der Waals surface area contributed by atoms with Crippen molar-refractivity contribution in [2.75, 3.05) is 29.9 Å². The number of nitrogens with zero attached hydrogens (tertiary/aromatic N) is 6. The fourth-order valence-corrected chi connectivity index (χ4v) is 4.13. The van der Waals surface area contributed by atoms with Crippen LogP contribution in [0.5, 0.6) is 0 Å². The molecule has 26 heavy (non-hydrogen) atoms. The first-order valence-corrected chi connectivity index (χ1v) is 9.45. The number of benzene rings is 1. The maximum atomic E-state index is 4.81. The van der Waals surface area contributed by atoms with E-state index in [4.69, 9.17) is 4.98 Å². The summed E-state index contributed by atoms with van der Waals surface area (Å²) in [6.07, 6.45) is 4.75. The van der Waals surface area contributed by atoms with Gasteiger partial charge in [-0.1, -0.05) is 12.1 Å². The van der Waals surface area contributed by atoms with Gasteiger partial charge in [0.25, 0.3) is 0 Å². The Balaban J connectivity index is 1.32. The van der Waals surface area contributed by atoms with Crippen molar-refractivity contribution in [1.82, 2.24) is 19.7 Å². The fraction of sp³-hybridized carbons (Fsp3) is 0.450. The lowest BCUT2D eigenvalue weighted by Gasteiger charge is -2.44. The Labute approximate surface area is 153 Å². The monoisotopic (exact) mass is 348 g/mol. The number of likely N-dealkylation sites (N-methyl/N-ethyl adjacent to an activating group) is 1. The molecule has 0 atom stereocenters. The van der Waals surface area contributed by atoms with E-state index in [1.807, 2.05) is 6.07 Å². The van der Waals surface area contributed by atoms with Crippen LogP contribution in [0.2, 0.25) is 0 Å². The zero-order valence-electron chi connectivity index (χ0n) is 15.4. The Bertz CT molecular complexity index is 956. The first-order chi connectivity index (χ1) is 12.7. The Morgan fingerprint density at radius 2 is 1.88 bits per heavy atom. The summed E-state index contributed by atoms with van der Waals surface area (Å²) in [5, 5.41) is 8.94. The molecule has 1 aliphatic carbocycles. The third kappa shape index (κ3) is 2.43. The fourth-order valence-electron chi connectivity index (χ4n) is 4.13. The summed E-state index contributed by atoms with van der Waals surface area (Å²) in [5.41, 5.74) is 4.82. The largest absolute Gasteiger partial charge is 0.351 e. The maximum Gasteiger partial charge on any atom is 0.206 e. The lowest BCUT2D eigenvalue weighted by atomic mass is 9.96. The lowest BCUT2D eigenvalue weighted by molar-refractivity contribution is 0.481. The van der Waals surface area contributed by atoms with Crippen molar-refractivity contribution in [1.29, 1.82) is 0 Å². The van der Waals surface area contributed by atoms with E-state index in [2.05, 4.69) is 62.9 Å². The molecule has 2 aromatic heterocycles. The number of aryl methyl sites for hydroxylation is 3. The predicted octanol–water partition coefficient (Wildman–Crippen LogP) is 2.57. The average molecular weight is 348 g/mol. The van der Waals surface area contributed by atoms with Gasteiger partial charge in [-0.25, -0.2) is 4.98 Å². The van der Waals surface area contributed by atoms with Gasteiger partial charge in [0.05, 0.1) is 22.8 Å². The molecule has 134 valence electrons. The zero-order chi connectivity index (χ0) is 17.7. The Hall–Kier alpha value is -2.63. The third-order valence-electron chi connectivity index (χ3n) is 5.87. The van der Waals surface area contributed by atoms with E-state index in [1.54, 1.807) is 0 Å². The van der Waals surface area contributed by atoms with Gasteiger partial charge in [-0.05, 0) is 49.4 Å². The normalized spacial score (nSPS) is 17.2. The summed E-state index contributed by atoms with van der Waals surface area (Å²) < 4.78 is 2.18. The first-order valence-electron chi connectivity index (χ1n) is 9.45. The van der Waals surface area contributed by atoms with Crippen molar-refractivity contribution in [2.45, 2.75) is 31.7 Å². The van der Waals surface area contributed by atoms with Crippen molar-refractivity contribution in [3.63, 3.8) is 0 Å². The van der Waals surface area contributed by atoms with E-state index in [9.17, 15) is 0 Å². The van der Waals surface area contributed by atoms with E-state index in [-0.39, 0.29) is 0 Å². The third-order valence-corrected chi connectivity index (χ3v) is 5.87. The van der Waals surface area contributed by atoms with Gasteiger partial charge >= 0.3 is 0 Å². The number of hydrogen-bond acceptors (Lipinski definition) is 5. The molecule has 6 heteroatoms. The van der Waals surface area contributed by atoms with Crippen LogP contribution in [-0.4, -0.2) is 45.9 Å². The second kappa shape index (κ2) is 5.97. The van der Waals surface area contributed by atoms with Crippen LogP contribution >= 0.6 is 0 Å². The SMILES string of the molecule is CN(c1nc2ccccc2n1C)C1CN(c2cc3c(nn2)CCCC3)C1. The molecule has 0 spiro atoms. The summed E-state index contributed by atoms with van der Waals surface area (Å²) in [7, 11) is 4.23. The lowest BCUT2D eigenvalue weighted by Crippen LogP contribution is -2.59. The van der Waals surface area contributed by atoms with Crippen LogP contribution in [0.3, 0.4) is 0 Å². The second-order valence-electron chi connectivity index (χ2n) is 7.51. The number of para-hydroxylation sites is 2. The van der Waals surface area contributed by atoms with Gasteiger partial charge in [0.15, 0.2) is 5.82 Å². The van der Waals surface area contributed by atoms with Gasteiger partial charge in [-0.2, -0.15) is 5.10 Å². The van der Waals surface area contributed by atoms with E-state index in [0.29, 0.717) is 6.04 Å². The highest BCUT2D eigenvalue weighted by atomic mass is 15.4. The number of fused-ring (bicyclic) bond motifs is 2. The van der Waals surface area contributed by atoms with E-state index in [0.717, 1.165) is 43.2 Å². The minimum atomic E-state index is 0.448. The highest BCUT2D eigenvalue weighted by Crippen LogP contribution is 2.28. The molecular weight excluding hydrogens is 324 g/mol. The summed E-state index contributed by atoms with van der Waals surface area (Å²) in [5.74, 6) is 2.05. The molecular formula is C20H24N6. The molecule has 1 saturated heterocycles. The van der Waals surface area contributed by atoms with Gasteiger partial charge in [0.2, 0.25) is 5.95 Å². The number of aromatic nitrogens is 4. The smallest absolute Gasteiger partial charge is 0.206 e. The van der Waals surface area contributed by atoms with Crippen LogP contribution in [-0.2, 0) is 19.9 Å². The average Bonchev–Trinajstić information content (AvgIpc) is 2.97. The van der Waals surface area contributed by atoms with Gasteiger partial charge in [0.1, 0.15) is 0 Å². The number of anilines is 2. The Kier molecular flexibility index (Phi) is 3.58. The van der Waals surface area contributed by atoms with Crippen LogP contribution < -0.4 is 9.80 Å². The summed E-state index contributed by atoms with van der Waals surface area (Å²) >= 11 is 0. The Morgan fingerprint density at radius 3 is 2.73 bits per heavy atom. The van der Waals surface area contributed by atoms with E-state index < -0.39 is 0 Å². The molecule has 1 aromatic carbocycles. The molecule has 2 aliphatic rings. The molecule has 3 heterocycles. The van der Waals surface area contributed by atoms with Crippen molar-refractivity contribution in [3.8, 4) is 0 Å². The highest BCUT2D eigenvalue weighted by molar-refractivity contribution is 5.78. The van der Waals surface area contributed by atoms with Gasteiger partial charge in [-0.3, -0.25) is 0 Å². The summed E-state index contributed by atoms with van der Waals surface area (Å²) in [4.78, 5) is 9.43. The van der Waals surface area contributed by atoms with Crippen molar-refractivity contribution < 1.29 is 0 Å². The molecule has 0 saturated carbocycles. The molecule has 0 N–H and O–H groups in total. The Morgan fingerprint density at radius 1 is 1.08 bits per heavy atom. The van der Waals surface area contributed by atoms with E-state index >= 15 is 0 Å². The molecule has 1 fully saturated rings. The van der Waals surface area contributed by atoms with Crippen LogP contribution in [0.1, 0.15) is 24.1 Å². The van der Waals surface area contributed by atoms with Crippen LogP contribution in [0.25, 0.3) is 11.0 Å². The maximum absolute atomic E-state index is 4.81. The number of hydrogen-bond donors (Lipinski definition) is 0. The minimum absolute atomic E-state index is 0.448. The topological polar surface area (TPSA) is 50.1 Å². The standard InChI is InChI=1S/C20H24N6/c1-24(20-21-17-9-5-6-10-18(17)25(20)2)15-12-26(13-15)19-11-14-7-3-4-8-16(14)22-23-19/h5-6,9-11,15H,3-4,7-8,12-13H2,1-2H3. The molecule has 3 aromatic rings. The van der Waals surface area contributed by atoms with Gasteiger partial charge in [-0.15, -0.1) is 5.10 Å². The predicted molar refractivity (Wildman–Crippen MR) is 104 cm³/mol. The molecule has 6 nitrogen and oxygen atoms in total. The molecule has 5 rings (SSSR count). The molecule has 0 radical (unpaired) electrons. The van der Waals surface area contributed by atoms with Crippen molar-refractivity contribution in [3.05, 3.63) is 41.6 Å². The number of rotatable bonds is 3. The van der Waals surface area contributed by atoms with Crippen LogP contribution in [0.4, 0.5) is 11.8 Å².